The minimum atomic E-state index is 0.171. The monoisotopic (exact) mass is 228 g/mol. The van der Waals surface area contributed by atoms with Gasteiger partial charge in [0.1, 0.15) is 0 Å². The largest absolute Gasteiger partial charge is 0.324 e. The van der Waals surface area contributed by atoms with Crippen molar-refractivity contribution in [2.45, 2.75) is 31.8 Å². The molecule has 0 spiro atoms. The first kappa shape index (κ1) is 10.5. The van der Waals surface area contributed by atoms with E-state index in [0.29, 0.717) is 0 Å². The zero-order valence-corrected chi connectivity index (χ0v) is 9.71. The van der Waals surface area contributed by atoms with E-state index in [9.17, 15) is 0 Å². The Morgan fingerprint density at radius 2 is 2.18 bits per heavy atom. The van der Waals surface area contributed by atoms with Crippen molar-refractivity contribution in [3.05, 3.63) is 47.5 Å². The van der Waals surface area contributed by atoms with E-state index in [1.165, 1.54) is 16.8 Å². The van der Waals surface area contributed by atoms with Gasteiger partial charge in [0.2, 0.25) is 0 Å². The molecule has 17 heavy (non-hydrogen) atoms. The molecule has 0 fully saturated rings. The number of fused-ring (bicyclic) bond motifs is 1. The zero-order chi connectivity index (χ0) is 11.7. The van der Waals surface area contributed by atoms with Gasteiger partial charge in [-0.05, 0) is 37.0 Å². The van der Waals surface area contributed by atoms with Crippen molar-refractivity contribution < 1.29 is 0 Å². The molecule has 0 aliphatic heterocycles. The summed E-state index contributed by atoms with van der Waals surface area (Å²) in [5.41, 5.74) is 9.85. The molecule has 1 aliphatic carbocycles. The summed E-state index contributed by atoms with van der Waals surface area (Å²) in [6.45, 7) is 0.810. The van der Waals surface area contributed by atoms with Crippen molar-refractivity contribution in [3.8, 4) is 0 Å². The third-order valence-corrected chi connectivity index (χ3v) is 3.39. The summed E-state index contributed by atoms with van der Waals surface area (Å²) >= 11 is 0. The van der Waals surface area contributed by atoms with Gasteiger partial charge in [-0.25, -0.2) is 0 Å². The molecule has 1 aliphatic rings. The second-order valence-electron chi connectivity index (χ2n) is 4.56. The van der Waals surface area contributed by atoms with Crippen LogP contribution in [-0.2, 0) is 13.0 Å². The average Bonchev–Trinajstić information content (AvgIpc) is 2.76. The van der Waals surface area contributed by atoms with Crippen molar-refractivity contribution in [1.82, 2.24) is 14.8 Å². The van der Waals surface area contributed by atoms with Gasteiger partial charge in [0.25, 0.3) is 0 Å². The van der Waals surface area contributed by atoms with E-state index in [1.54, 1.807) is 0 Å². The van der Waals surface area contributed by atoms with Crippen LogP contribution in [0, 0.1) is 0 Å². The molecule has 4 nitrogen and oxygen atoms in total. The molecule has 0 amide bonds. The smallest absolute Gasteiger partial charge is 0.0663 e. The van der Waals surface area contributed by atoms with Crippen LogP contribution in [0.3, 0.4) is 0 Å². The fraction of sp³-hybridized carbons (Fsp3) is 0.385. The maximum absolute atomic E-state index is 6.09. The number of nitrogens with zero attached hydrogens (tertiary/aromatic N) is 3. The van der Waals surface area contributed by atoms with Gasteiger partial charge in [0, 0.05) is 29.7 Å². The maximum atomic E-state index is 6.09. The second-order valence-corrected chi connectivity index (χ2v) is 4.56. The molecule has 4 heteroatoms. The van der Waals surface area contributed by atoms with Gasteiger partial charge in [0.05, 0.1) is 12.7 Å². The number of aromatic nitrogens is 3. The van der Waals surface area contributed by atoms with Crippen molar-refractivity contribution in [2.75, 3.05) is 0 Å². The summed E-state index contributed by atoms with van der Waals surface area (Å²) in [7, 11) is 0. The van der Waals surface area contributed by atoms with Crippen LogP contribution in [0.25, 0.3) is 0 Å². The molecule has 0 aromatic carbocycles. The third-order valence-electron chi connectivity index (χ3n) is 3.39. The molecule has 2 aromatic heterocycles. The fourth-order valence-corrected chi connectivity index (χ4v) is 2.45. The van der Waals surface area contributed by atoms with Gasteiger partial charge < -0.3 is 5.73 Å². The summed E-state index contributed by atoms with van der Waals surface area (Å²) in [5, 5.41) is 4.46. The zero-order valence-electron chi connectivity index (χ0n) is 9.71. The molecule has 0 saturated heterocycles. The summed E-state index contributed by atoms with van der Waals surface area (Å²) in [6.07, 6.45) is 8.90. The lowest BCUT2D eigenvalue weighted by atomic mass is 9.94. The van der Waals surface area contributed by atoms with Crippen LogP contribution in [0.4, 0.5) is 0 Å². The molecule has 1 atom stereocenters. The Kier molecular flexibility index (Phi) is 2.65. The quantitative estimate of drug-likeness (QED) is 0.850. The number of rotatable bonds is 2. The van der Waals surface area contributed by atoms with Crippen molar-refractivity contribution >= 4 is 0 Å². The highest BCUT2D eigenvalue weighted by molar-refractivity contribution is 5.25. The van der Waals surface area contributed by atoms with E-state index >= 15 is 0 Å². The predicted molar refractivity (Wildman–Crippen MR) is 65.4 cm³/mol. The van der Waals surface area contributed by atoms with Crippen molar-refractivity contribution in [1.29, 1.82) is 0 Å². The molecule has 0 radical (unpaired) electrons. The van der Waals surface area contributed by atoms with Crippen LogP contribution in [0.15, 0.2) is 30.7 Å². The highest BCUT2D eigenvalue weighted by atomic mass is 15.3. The number of hydrogen-bond donors (Lipinski definition) is 1. The summed E-state index contributed by atoms with van der Waals surface area (Å²) < 4.78 is 2.07. The fourth-order valence-electron chi connectivity index (χ4n) is 2.45. The highest BCUT2D eigenvalue weighted by Gasteiger charge is 2.21. The Bertz CT molecular complexity index is 503. The first-order valence-electron chi connectivity index (χ1n) is 6.03. The number of pyridine rings is 1. The highest BCUT2D eigenvalue weighted by Crippen LogP contribution is 2.27. The van der Waals surface area contributed by atoms with E-state index in [4.69, 9.17) is 5.73 Å². The minimum Gasteiger partial charge on any atom is -0.324 e. The number of nitrogens with two attached hydrogens (primary N) is 1. The van der Waals surface area contributed by atoms with Gasteiger partial charge in [-0.3, -0.25) is 9.67 Å². The van der Waals surface area contributed by atoms with Gasteiger partial charge in [-0.2, -0.15) is 5.10 Å². The molecule has 2 aromatic rings. The van der Waals surface area contributed by atoms with Crippen molar-refractivity contribution in [2.24, 2.45) is 5.73 Å². The first-order valence-corrected chi connectivity index (χ1v) is 6.03. The summed E-state index contributed by atoms with van der Waals surface area (Å²) in [4.78, 5) is 4.02. The van der Waals surface area contributed by atoms with Crippen LogP contribution < -0.4 is 5.73 Å². The minimum absolute atomic E-state index is 0.171. The van der Waals surface area contributed by atoms with Crippen LogP contribution >= 0.6 is 0 Å². The molecule has 2 N–H and O–H groups in total. The lowest BCUT2D eigenvalue weighted by molar-refractivity contribution is 0.537. The molecular weight excluding hydrogens is 212 g/mol. The van der Waals surface area contributed by atoms with Gasteiger partial charge in [-0.1, -0.05) is 0 Å². The van der Waals surface area contributed by atoms with E-state index in [-0.39, 0.29) is 6.04 Å². The Balaban J connectivity index is 1.90. The molecule has 0 bridgehead atoms. The standard InChI is InChI=1S/C13H16N4/c14-12-2-1-3-13-11(12)8-16-17(13)9-10-4-6-15-7-5-10/h4-8,12H,1-3,9,14H2. The van der Waals surface area contributed by atoms with E-state index in [0.717, 1.165) is 25.8 Å². The SMILES string of the molecule is NC1CCCc2c1cnn2Cc1ccncc1. The first-order chi connectivity index (χ1) is 8.34. The van der Waals surface area contributed by atoms with Crippen LogP contribution in [0.5, 0.6) is 0 Å². The topological polar surface area (TPSA) is 56.7 Å². The van der Waals surface area contributed by atoms with Gasteiger partial charge in [-0.15, -0.1) is 0 Å². The molecule has 1 unspecified atom stereocenters. The predicted octanol–water partition coefficient (Wildman–Crippen LogP) is 1.66. The lowest BCUT2D eigenvalue weighted by Crippen LogP contribution is -2.18. The lowest BCUT2D eigenvalue weighted by Gasteiger charge is -2.19. The Morgan fingerprint density at radius 1 is 1.35 bits per heavy atom. The third kappa shape index (κ3) is 1.96. The molecule has 2 heterocycles. The molecule has 88 valence electrons. The Morgan fingerprint density at radius 3 is 3.00 bits per heavy atom. The van der Waals surface area contributed by atoms with E-state index in [1.807, 2.05) is 30.7 Å². The Hall–Kier alpha value is -1.68. The van der Waals surface area contributed by atoms with Crippen LogP contribution in [-0.4, -0.2) is 14.8 Å². The van der Waals surface area contributed by atoms with E-state index < -0.39 is 0 Å². The van der Waals surface area contributed by atoms with Crippen LogP contribution in [0.2, 0.25) is 0 Å². The van der Waals surface area contributed by atoms with Crippen molar-refractivity contribution in [3.63, 3.8) is 0 Å². The number of hydrogen-bond acceptors (Lipinski definition) is 3. The molecule has 3 rings (SSSR count). The molecular formula is C13H16N4. The summed E-state index contributed by atoms with van der Waals surface area (Å²) in [6, 6.07) is 4.22. The molecule has 0 saturated carbocycles. The van der Waals surface area contributed by atoms with E-state index in [2.05, 4.69) is 14.8 Å². The van der Waals surface area contributed by atoms with Gasteiger partial charge in [0.15, 0.2) is 0 Å². The Labute approximate surface area is 100 Å². The second kappa shape index (κ2) is 4.30. The summed E-state index contributed by atoms with van der Waals surface area (Å²) in [5.74, 6) is 0. The van der Waals surface area contributed by atoms with Crippen LogP contribution in [0.1, 0.15) is 35.7 Å². The van der Waals surface area contributed by atoms with Gasteiger partial charge >= 0.3 is 0 Å². The maximum Gasteiger partial charge on any atom is 0.0663 e. The normalized spacial score (nSPS) is 19.0. The average molecular weight is 228 g/mol.